The van der Waals surface area contributed by atoms with Gasteiger partial charge in [-0.15, -0.1) is 0 Å². The highest BCUT2D eigenvalue weighted by atomic mass is 16.4. The molecule has 194 valence electrons. The molecule has 0 aromatic carbocycles. The Balaban J connectivity index is 1.73. The van der Waals surface area contributed by atoms with Crippen LogP contribution >= 0.6 is 0 Å². The van der Waals surface area contributed by atoms with Gasteiger partial charge >= 0.3 is 5.97 Å². The average molecular weight is 485 g/mol. The first kappa shape index (κ1) is 26.3. The van der Waals surface area contributed by atoms with Crippen LogP contribution in [0.2, 0.25) is 0 Å². The van der Waals surface area contributed by atoms with Crippen molar-refractivity contribution in [2.24, 2.45) is 45.3 Å². The number of carboxylic acids is 1. The third-order valence-electron chi connectivity index (χ3n) is 11.1. The van der Waals surface area contributed by atoms with E-state index in [2.05, 4.69) is 46.8 Å². The third-order valence-corrected chi connectivity index (χ3v) is 11.1. The standard InChI is InChI=1S/C30H44O5/c1-17(2)21(31)10-8-18(26(34)35)25-22(32)16-30(7)20-9-11-23-27(3,4)24(33)13-14-28(23,5)19(20)12-15-29(25,30)6/h9,12,17-18,22-23,25,32H,8,10-11,13-16H2,1-7H3,(H,34,35)/t18-,22-,23?,25+,28-,29-,30+/m1/s1. The summed E-state index contributed by atoms with van der Waals surface area (Å²) in [6.45, 7) is 14.6. The van der Waals surface area contributed by atoms with E-state index in [4.69, 9.17) is 0 Å². The van der Waals surface area contributed by atoms with Gasteiger partial charge in [-0.05, 0) is 60.0 Å². The van der Waals surface area contributed by atoms with Crippen LogP contribution in [0.25, 0.3) is 0 Å². The van der Waals surface area contributed by atoms with E-state index in [9.17, 15) is 24.6 Å². The van der Waals surface area contributed by atoms with Gasteiger partial charge in [-0.3, -0.25) is 14.4 Å². The number of aliphatic carboxylic acids is 1. The molecule has 0 bridgehead atoms. The predicted octanol–water partition coefficient (Wildman–Crippen LogP) is 5.76. The zero-order valence-electron chi connectivity index (χ0n) is 22.6. The van der Waals surface area contributed by atoms with E-state index in [-0.39, 0.29) is 46.7 Å². The Hall–Kier alpha value is -1.75. The van der Waals surface area contributed by atoms with Crippen LogP contribution in [0.3, 0.4) is 0 Å². The van der Waals surface area contributed by atoms with Crippen LogP contribution in [-0.2, 0) is 14.4 Å². The van der Waals surface area contributed by atoms with Crippen molar-refractivity contribution in [2.75, 3.05) is 0 Å². The topological polar surface area (TPSA) is 91.7 Å². The van der Waals surface area contributed by atoms with E-state index < -0.39 is 29.3 Å². The van der Waals surface area contributed by atoms with Crippen LogP contribution in [0.4, 0.5) is 0 Å². The third kappa shape index (κ3) is 3.62. The van der Waals surface area contributed by atoms with Gasteiger partial charge in [0.15, 0.2) is 0 Å². The first-order valence-electron chi connectivity index (χ1n) is 13.5. The molecule has 4 aliphatic rings. The lowest BCUT2D eigenvalue weighted by Crippen LogP contribution is -2.53. The fraction of sp³-hybridized carbons (Fsp3) is 0.767. The van der Waals surface area contributed by atoms with E-state index >= 15 is 0 Å². The van der Waals surface area contributed by atoms with Gasteiger partial charge in [0.05, 0.1) is 12.0 Å². The van der Waals surface area contributed by atoms with Gasteiger partial charge in [0, 0.05) is 35.5 Å². The molecule has 5 nitrogen and oxygen atoms in total. The zero-order valence-corrected chi connectivity index (χ0v) is 22.6. The predicted molar refractivity (Wildman–Crippen MR) is 136 cm³/mol. The molecule has 0 radical (unpaired) electrons. The van der Waals surface area contributed by atoms with Crippen LogP contribution in [0, 0.1) is 45.3 Å². The lowest BCUT2D eigenvalue weighted by Gasteiger charge is -2.59. The molecule has 0 heterocycles. The van der Waals surface area contributed by atoms with Gasteiger partial charge in [-0.2, -0.15) is 0 Å². The van der Waals surface area contributed by atoms with E-state index in [1.807, 2.05) is 13.8 Å². The average Bonchev–Trinajstić information content (AvgIpc) is 2.97. The van der Waals surface area contributed by atoms with E-state index in [0.29, 0.717) is 25.0 Å². The minimum Gasteiger partial charge on any atom is -0.481 e. The molecule has 4 aliphatic carbocycles. The van der Waals surface area contributed by atoms with Crippen molar-refractivity contribution >= 4 is 17.5 Å². The molecule has 0 amide bonds. The summed E-state index contributed by atoms with van der Waals surface area (Å²) in [5, 5.41) is 21.6. The maximum atomic E-state index is 12.8. The quantitative estimate of drug-likeness (QED) is 0.500. The van der Waals surface area contributed by atoms with Crippen molar-refractivity contribution in [3.8, 4) is 0 Å². The van der Waals surface area contributed by atoms with Crippen LogP contribution in [0.15, 0.2) is 23.3 Å². The molecule has 2 fully saturated rings. The molecule has 0 spiro atoms. The van der Waals surface area contributed by atoms with Crippen molar-refractivity contribution in [2.45, 2.75) is 99.5 Å². The Morgan fingerprint density at radius 3 is 2.34 bits per heavy atom. The number of hydrogen-bond acceptors (Lipinski definition) is 4. The fourth-order valence-electron chi connectivity index (χ4n) is 8.68. The molecule has 2 N–H and O–H groups in total. The Morgan fingerprint density at radius 1 is 1.09 bits per heavy atom. The Morgan fingerprint density at radius 2 is 1.74 bits per heavy atom. The molecule has 2 saturated carbocycles. The van der Waals surface area contributed by atoms with Gasteiger partial charge in [-0.1, -0.05) is 60.6 Å². The monoisotopic (exact) mass is 484 g/mol. The number of carbonyl (C=O) groups excluding carboxylic acids is 2. The van der Waals surface area contributed by atoms with Crippen LogP contribution in [0.1, 0.15) is 93.4 Å². The summed E-state index contributed by atoms with van der Waals surface area (Å²) in [5.41, 5.74) is 1.35. The van der Waals surface area contributed by atoms with Crippen molar-refractivity contribution in [3.63, 3.8) is 0 Å². The van der Waals surface area contributed by atoms with Crippen LogP contribution < -0.4 is 0 Å². The lowest BCUT2D eigenvalue weighted by atomic mass is 9.44. The molecule has 1 unspecified atom stereocenters. The number of Topliss-reactive ketones (excluding diaryl/α,β-unsaturated/α-hetero) is 2. The smallest absolute Gasteiger partial charge is 0.306 e. The number of hydrogen-bond donors (Lipinski definition) is 2. The van der Waals surface area contributed by atoms with Crippen LogP contribution in [-0.4, -0.2) is 33.9 Å². The van der Waals surface area contributed by atoms with Crippen LogP contribution in [0.5, 0.6) is 0 Å². The molecule has 0 saturated heterocycles. The largest absolute Gasteiger partial charge is 0.481 e. The van der Waals surface area contributed by atoms with Gasteiger partial charge in [0.25, 0.3) is 0 Å². The van der Waals surface area contributed by atoms with Crippen molar-refractivity contribution < 1.29 is 24.6 Å². The summed E-state index contributed by atoms with van der Waals surface area (Å²) < 4.78 is 0. The zero-order chi connectivity index (χ0) is 26.1. The lowest BCUT2D eigenvalue weighted by molar-refractivity contribution is -0.148. The van der Waals surface area contributed by atoms with Gasteiger partial charge < -0.3 is 10.2 Å². The molecule has 35 heavy (non-hydrogen) atoms. The summed E-state index contributed by atoms with van der Waals surface area (Å²) in [6, 6.07) is 0. The van der Waals surface area contributed by atoms with Gasteiger partial charge in [0.2, 0.25) is 0 Å². The number of rotatable bonds is 6. The summed E-state index contributed by atoms with van der Waals surface area (Å²) in [5.74, 6) is -1.54. The number of aliphatic hydroxyl groups excluding tert-OH is 1. The number of aliphatic hydroxyl groups is 1. The second-order valence-electron chi connectivity index (χ2n) is 13.4. The fourth-order valence-corrected chi connectivity index (χ4v) is 8.68. The number of ketones is 2. The highest BCUT2D eigenvalue weighted by Crippen LogP contribution is 2.71. The van der Waals surface area contributed by atoms with E-state index in [1.54, 1.807) is 0 Å². The van der Waals surface area contributed by atoms with E-state index in [0.717, 1.165) is 12.8 Å². The van der Waals surface area contributed by atoms with E-state index in [1.165, 1.54) is 11.1 Å². The minimum absolute atomic E-state index is 0.0749. The first-order chi connectivity index (χ1) is 16.1. The second kappa shape index (κ2) is 8.39. The maximum Gasteiger partial charge on any atom is 0.306 e. The molecule has 0 aromatic heterocycles. The van der Waals surface area contributed by atoms with Crippen molar-refractivity contribution in [3.05, 3.63) is 23.3 Å². The Bertz CT molecular complexity index is 1000. The van der Waals surface area contributed by atoms with Gasteiger partial charge in [0.1, 0.15) is 11.6 Å². The number of fused-ring (bicyclic) bond motifs is 5. The highest BCUT2D eigenvalue weighted by Gasteiger charge is 2.66. The first-order valence-corrected chi connectivity index (χ1v) is 13.5. The molecule has 7 atom stereocenters. The second-order valence-corrected chi connectivity index (χ2v) is 13.4. The summed E-state index contributed by atoms with van der Waals surface area (Å²) >= 11 is 0. The number of carbonyl (C=O) groups is 3. The molecule has 0 aromatic rings. The molecule has 0 aliphatic heterocycles. The SMILES string of the molecule is CC(C)C(=O)CC[C@@H](C(=O)O)[C@H]1[C@H](O)C[C@@]2(C)C3=CCC4C(C)(C)C(=O)CC[C@]4(C)C3=CC[C@]12C. The summed E-state index contributed by atoms with van der Waals surface area (Å²) in [4.78, 5) is 37.6. The Kier molecular flexibility index (Phi) is 6.31. The van der Waals surface area contributed by atoms with Gasteiger partial charge in [-0.25, -0.2) is 0 Å². The number of carboxylic acid groups (broad SMARTS) is 1. The minimum atomic E-state index is -0.914. The normalized spacial score (nSPS) is 40.8. The van der Waals surface area contributed by atoms with Crippen molar-refractivity contribution in [1.29, 1.82) is 0 Å². The number of allylic oxidation sites excluding steroid dienone is 4. The molecule has 4 rings (SSSR count). The molecular formula is C30H44O5. The molecular weight excluding hydrogens is 440 g/mol. The maximum absolute atomic E-state index is 12.8. The summed E-state index contributed by atoms with van der Waals surface area (Å²) in [7, 11) is 0. The Labute approximate surface area is 210 Å². The van der Waals surface area contributed by atoms with Crippen molar-refractivity contribution in [1.82, 2.24) is 0 Å². The highest BCUT2D eigenvalue weighted by molar-refractivity contribution is 5.86. The molecule has 5 heteroatoms. The summed E-state index contributed by atoms with van der Waals surface area (Å²) in [6.07, 6.45) is 7.90.